The van der Waals surface area contributed by atoms with Crippen LogP contribution in [0.1, 0.15) is 62.1 Å². The van der Waals surface area contributed by atoms with E-state index in [1.807, 2.05) is 63.2 Å². The van der Waals surface area contributed by atoms with Crippen molar-refractivity contribution >= 4 is 27.5 Å². The van der Waals surface area contributed by atoms with E-state index in [2.05, 4.69) is 5.32 Å². The number of aryl methyl sites for hydroxylation is 2. The van der Waals surface area contributed by atoms with Gasteiger partial charge in [0.25, 0.3) is 10.0 Å². The molecule has 7 nitrogen and oxygen atoms in total. The van der Waals surface area contributed by atoms with E-state index in [1.165, 1.54) is 22.9 Å². The summed E-state index contributed by atoms with van der Waals surface area (Å²) in [6.45, 7) is 5.38. The summed E-state index contributed by atoms with van der Waals surface area (Å²) in [5.74, 6) is -0.618. The highest BCUT2D eigenvalue weighted by Crippen LogP contribution is 2.29. The van der Waals surface area contributed by atoms with Gasteiger partial charge in [0.15, 0.2) is 0 Å². The van der Waals surface area contributed by atoms with Crippen LogP contribution in [0.25, 0.3) is 0 Å². The Bertz CT molecular complexity index is 1420. The first kappa shape index (κ1) is 30.3. The molecule has 1 atom stereocenters. The molecule has 3 aromatic rings. The molecule has 0 radical (unpaired) electrons. The molecule has 0 aromatic heterocycles. The van der Waals surface area contributed by atoms with E-state index < -0.39 is 28.5 Å². The van der Waals surface area contributed by atoms with Crippen LogP contribution in [0, 0.1) is 13.8 Å². The van der Waals surface area contributed by atoms with E-state index in [-0.39, 0.29) is 23.4 Å². The molecule has 218 valence electrons. The number of carbonyl (C=O) groups is 2. The number of nitrogens with zero attached hydrogens (tertiary/aromatic N) is 2. The molecule has 0 saturated heterocycles. The van der Waals surface area contributed by atoms with Crippen LogP contribution in [0.2, 0.25) is 0 Å². The number of amides is 2. The zero-order valence-corrected chi connectivity index (χ0v) is 25.1. The molecule has 1 aliphatic rings. The summed E-state index contributed by atoms with van der Waals surface area (Å²) in [5.41, 5.74) is 2.93. The third kappa shape index (κ3) is 7.55. The number of hydrogen-bond donors (Lipinski definition) is 1. The summed E-state index contributed by atoms with van der Waals surface area (Å²) in [6, 6.07) is 22.6. The van der Waals surface area contributed by atoms with Crippen molar-refractivity contribution in [3.63, 3.8) is 0 Å². The van der Waals surface area contributed by atoms with Gasteiger partial charge in [-0.05, 0) is 68.0 Å². The van der Waals surface area contributed by atoms with Crippen LogP contribution in [0.15, 0.2) is 83.8 Å². The predicted octanol–water partition coefficient (Wildman–Crippen LogP) is 5.76. The summed E-state index contributed by atoms with van der Waals surface area (Å²) < 4.78 is 29.2. The molecule has 1 aliphatic carbocycles. The quantitative estimate of drug-likeness (QED) is 0.315. The molecule has 1 fully saturated rings. The number of anilines is 1. The van der Waals surface area contributed by atoms with E-state index >= 15 is 0 Å². The lowest BCUT2D eigenvalue weighted by Gasteiger charge is -2.34. The number of rotatable bonds is 11. The van der Waals surface area contributed by atoms with Crippen molar-refractivity contribution in [1.82, 2.24) is 10.2 Å². The average molecular weight is 576 g/mol. The number of hydrogen-bond acceptors (Lipinski definition) is 4. The van der Waals surface area contributed by atoms with Gasteiger partial charge in [-0.2, -0.15) is 0 Å². The Kier molecular flexibility index (Phi) is 10.2. The second kappa shape index (κ2) is 13.8. The Morgan fingerprint density at radius 2 is 1.54 bits per heavy atom. The minimum Gasteiger partial charge on any atom is -0.352 e. The van der Waals surface area contributed by atoms with E-state index in [4.69, 9.17) is 0 Å². The molecular weight excluding hydrogens is 534 g/mol. The first-order valence-corrected chi connectivity index (χ1v) is 15.9. The zero-order valence-electron chi connectivity index (χ0n) is 24.3. The van der Waals surface area contributed by atoms with Gasteiger partial charge < -0.3 is 10.2 Å². The Balaban J connectivity index is 1.71. The third-order valence-electron chi connectivity index (χ3n) is 7.78. The van der Waals surface area contributed by atoms with E-state index in [0.29, 0.717) is 12.1 Å². The number of benzene rings is 3. The van der Waals surface area contributed by atoms with Crippen LogP contribution >= 0.6 is 0 Å². The first-order valence-electron chi connectivity index (χ1n) is 14.5. The lowest BCUT2D eigenvalue weighted by molar-refractivity contribution is -0.140. The van der Waals surface area contributed by atoms with Crippen molar-refractivity contribution in [3.05, 3.63) is 95.6 Å². The lowest BCUT2D eigenvalue weighted by Crippen LogP contribution is -2.54. The summed E-state index contributed by atoms with van der Waals surface area (Å²) >= 11 is 0. The summed E-state index contributed by atoms with van der Waals surface area (Å²) in [5, 5.41) is 3.18. The molecule has 0 heterocycles. The molecule has 4 rings (SSSR count). The Morgan fingerprint density at radius 1 is 0.902 bits per heavy atom. The second-order valence-electron chi connectivity index (χ2n) is 10.9. The van der Waals surface area contributed by atoms with Crippen molar-refractivity contribution < 1.29 is 18.0 Å². The van der Waals surface area contributed by atoms with Gasteiger partial charge in [-0.15, -0.1) is 0 Å². The van der Waals surface area contributed by atoms with Gasteiger partial charge in [0.2, 0.25) is 11.8 Å². The molecule has 0 unspecified atom stereocenters. The van der Waals surface area contributed by atoms with Crippen LogP contribution in [0.5, 0.6) is 0 Å². The van der Waals surface area contributed by atoms with E-state index in [1.54, 1.807) is 29.2 Å². The standard InChI is InChI=1S/C33H41N3O4S/c1-4-30(33(38)34-28-16-10-6-11-17-28)35(23-27-14-8-5-9-15-27)32(37)24-36(31-22-25(2)20-21-26(31)3)41(39,40)29-18-12-7-13-19-29/h5,7-9,12-15,18-22,28,30H,4,6,10-11,16-17,23-24H2,1-3H3,(H,34,38)/t30-/m0/s1. The second-order valence-corrected chi connectivity index (χ2v) is 12.8. The fourth-order valence-corrected chi connectivity index (χ4v) is 6.96. The molecule has 0 bridgehead atoms. The highest BCUT2D eigenvalue weighted by molar-refractivity contribution is 7.92. The maximum Gasteiger partial charge on any atom is 0.264 e. The number of sulfonamides is 1. The highest BCUT2D eigenvalue weighted by Gasteiger charge is 2.34. The topological polar surface area (TPSA) is 86.8 Å². The minimum absolute atomic E-state index is 0.101. The maximum atomic E-state index is 14.2. The lowest BCUT2D eigenvalue weighted by atomic mass is 9.95. The van der Waals surface area contributed by atoms with E-state index in [0.717, 1.165) is 42.4 Å². The van der Waals surface area contributed by atoms with E-state index in [9.17, 15) is 18.0 Å². The van der Waals surface area contributed by atoms with Crippen LogP contribution in [0.4, 0.5) is 5.69 Å². The molecule has 8 heteroatoms. The highest BCUT2D eigenvalue weighted by atomic mass is 32.2. The van der Waals surface area contributed by atoms with Crippen molar-refractivity contribution in [2.45, 2.75) is 82.8 Å². The number of nitrogens with one attached hydrogen (secondary N) is 1. The molecule has 2 amide bonds. The Morgan fingerprint density at radius 3 is 2.17 bits per heavy atom. The van der Waals surface area contributed by atoms with Crippen molar-refractivity contribution in [1.29, 1.82) is 0 Å². The van der Waals surface area contributed by atoms with Gasteiger partial charge >= 0.3 is 0 Å². The normalized spacial score (nSPS) is 14.7. The smallest absolute Gasteiger partial charge is 0.264 e. The van der Waals surface area contributed by atoms with Crippen molar-refractivity contribution in [3.8, 4) is 0 Å². The van der Waals surface area contributed by atoms with Gasteiger partial charge in [0, 0.05) is 12.6 Å². The van der Waals surface area contributed by atoms with Crippen molar-refractivity contribution in [2.75, 3.05) is 10.8 Å². The molecular formula is C33H41N3O4S. The Hall–Kier alpha value is -3.65. The first-order chi connectivity index (χ1) is 19.7. The summed E-state index contributed by atoms with van der Waals surface area (Å²) in [6.07, 6.45) is 5.61. The van der Waals surface area contributed by atoms with Crippen molar-refractivity contribution in [2.24, 2.45) is 0 Å². The fraction of sp³-hybridized carbons (Fsp3) is 0.394. The number of carbonyl (C=O) groups excluding carboxylic acids is 2. The summed E-state index contributed by atoms with van der Waals surface area (Å²) in [4.78, 5) is 29.5. The molecule has 0 aliphatic heterocycles. The van der Waals surface area contributed by atoms with Gasteiger partial charge in [-0.3, -0.25) is 13.9 Å². The monoisotopic (exact) mass is 575 g/mol. The minimum atomic E-state index is -4.08. The molecule has 1 N–H and O–H groups in total. The largest absolute Gasteiger partial charge is 0.352 e. The molecule has 1 saturated carbocycles. The van der Waals surface area contributed by atoms with Gasteiger partial charge in [-0.25, -0.2) is 8.42 Å². The SMILES string of the molecule is CC[C@@H](C(=O)NC1CCCCC1)N(Cc1ccccc1)C(=O)CN(c1cc(C)ccc1C)S(=O)(=O)c1ccccc1. The van der Waals surface area contributed by atoms with Gasteiger partial charge in [0.05, 0.1) is 10.6 Å². The van der Waals surface area contributed by atoms with Gasteiger partial charge in [-0.1, -0.05) is 86.8 Å². The van der Waals surface area contributed by atoms with Gasteiger partial charge in [0.1, 0.15) is 12.6 Å². The maximum absolute atomic E-state index is 14.2. The third-order valence-corrected chi connectivity index (χ3v) is 9.55. The zero-order chi connectivity index (χ0) is 29.4. The van der Waals surface area contributed by atoms with Crippen LogP contribution < -0.4 is 9.62 Å². The molecule has 41 heavy (non-hydrogen) atoms. The average Bonchev–Trinajstić information content (AvgIpc) is 2.98. The van der Waals surface area contributed by atoms with Crippen LogP contribution in [0.3, 0.4) is 0 Å². The molecule has 0 spiro atoms. The summed E-state index contributed by atoms with van der Waals surface area (Å²) in [7, 11) is -4.08. The van der Waals surface area contributed by atoms with Crippen LogP contribution in [-0.2, 0) is 26.2 Å². The fourth-order valence-electron chi connectivity index (χ4n) is 5.47. The van der Waals surface area contributed by atoms with Crippen LogP contribution in [-0.4, -0.2) is 43.8 Å². The molecule has 3 aromatic carbocycles. The Labute approximate surface area is 244 Å². The predicted molar refractivity (Wildman–Crippen MR) is 163 cm³/mol.